The molecule has 2 rings (SSSR count). The maximum Gasteiger partial charge on any atom is 0.293 e. The third-order valence-electron chi connectivity index (χ3n) is 4.12. The number of anilines is 1. The van der Waals surface area contributed by atoms with Crippen LogP contribution in [0.25, 0.3) is 0 Å². The molecule has 132 valence electrons. The second-order valence-corrected chi connectivity index (χ2v) is 6.24. The fourth-order valence-corrected chi connectivity index (χ4v) is 2.78. The maximum absolute atomic E-state index is 12.2. The van der Waals surface area contributed by atoms with E-state index < -0.39 is 4.92 Å². The standard InChI is InChI=1S/C18H20ClN3O3/c1-11-8-9-16(22(24)25)18(12(11)2)21-17(23)10-20-13(3)14-6-4-5-7-15(14)19/h4-9,13,20H,10H2,1-3H3,(H,21,23)/t13-/m1/s1. The summed E-state index contributed by atoms with van der Waals surface area (Å²) in [6.45, 7) is 5.50. The molecule has 25 heavy (non-hydrogen) atoms. The first-order chi connectivity index (χ1) is 11.8. The van der Waals surface area contributed by atoms with Gasteiger partial charge in [0.15, 0.2) is 0 Å². The van der Waals surface area contributed by atoms with Gasteiger partial charge in [-0.1, -0.05) is 35.9 Å². The normalized spacial score (nSPS) is 11.8. The Morgan fingerprint density at radius 1 is 1.24 bits per heavy atom. The van der Waals surface area contributed by atoms with Gasteiger partial charge >= 0.3 is 0 Å². The summed E-state index contributed by atoms with van der Waals surface area (Å²) >= 11 is 6.14. The van der Waals surface area contributed by atoms with Gasteiger partial charge in [-0.2, -0.15) is 0 Å². The SMILES string of the molecule is Cc1ccc([N+](=O)[O-])c(NC(=O)CN[C@H](C)c2ccccc2Cl)c1C. The van der Waals surface area contributed by atoms with E-state index in [1.807, 2.05) is 32.0 Å². The van der Waals surface area contributed by atoms with Crippen LogP contribution in [0.2, 0.25) is 5.02 Å². The van der Waals surface area contributed by atoms with Crippen LogP contribution in [0.3, 0.4) is 0 Å². The molecule has 0 radical (unpaired) electrons. The number of nitro groups is 1. The topological polar surface area (TPSA) is 84.3 Å². The highest BCUT2D eigenvalue weighted by Gasteiger charge is 2.19. The number of aryl methyl sites for hydroxylation is 1. The van der Waals surface area contributed by atoms with Gasteiger partial charge in [0, 0.05) is 17.1 Å². The Balaban J connectivity index is 2.07. The van der Waals surface area contributed by atoms with Crippen molar-refractivity contribution in [2.75, 3.05) is 11.9 Å². The van der Waals surface area contributed by atoms with E-state index >= 15 is 0 Å². The van der Waals surface area contributed by atoms with Crippen molar-refractivity contribution in [1.82, 2.24) is 5.32 Å². The highest BCUT2D eigenvalue weighted by Crippen LogP contribution is 2.30. The number of nitro benzene ring substituents is 1. The minimum absolute atomic E-state index is 0.0108. The van der Waals surface area contributed by atoms with E-state index in [4.69, 9.17) is 11.6 Å². The fourth-order valence-electron chi connectivity index (χ4n) is 2.48. The first-order valence-corrected chi connectivity index (χ1v) is 8.21. The lowest BCUT2D eigenvalue weighted by Crippen LogP contribution is -2.30. The Hall–Kier alpha value is -2.44. The second kappa shape index (κ2) is 8.09. The summed E-state index contributed by atoms with van der Waals surface area (Å²) < 4.78 is 0. The minimum atomic E-state index is -0.498. The Morgan fingerprint density at radius 2 is 1.92 bits per heavy atom. The lowest BCUT2D eigenvalue weighted by atomic mass is 10.1. The van der Waals surface area contributed by atoms with Gasteiger partial charge in [0.25, 0.3) is 5.69 Å². The van der Waals surface area contributed by atoms with Crippen LogP contribution in [0, 0.1) is 24.0 Å². The number of carbonyl (C=O) groups is 1. The van der Waals surface area contributed by atoms with Gasteiger partial charge in [0.2, 0.25) is 5.91 Å². The van der Waals surface area contributed by atoms with Gasteiger partial charge in [-0.3, -0.25) is 14.9 Å². The first-order valence-electron chi connectivity index (χ1n) is 7.83. The molecule has 2 N–H and O–H groups in total. The van der Waals surface area contributed by atoms with E-state index in [0.717, 1.165) is 11.1 Å². The van der Waals surface area contributed by atoms with Gasteiger partial charge in [0.1, 0.15) is 5.69 Å². The number of hydrogen-bond donors (Lipinski definition) is 2. The van der Waals surface area contributed by atoms with Crippen molar-refractivity contribution in [3.05, 3.63) is 68.2 Å². The molecular formula is C18H20ClN3O3. The number of rotatable bonds is 6. The molecule has 0 aromatic heterocycles. The van der Waals surface area contributed by atoms with Crippen molar-refractivity contribution in [2.45, 2.75) is 26.8 Å². The van der Waals surface area contributed by atoms with Gasteiger partial charge in [0.05, 0.1) is 11.5 Å². The lowest BCUT2D eigenvalue weighted by molar-refractivity contribution is -0.384. The van der Waals surface area contributed by atoms with Crippen LogP contribution in [-0.2, 0) is 4.79 Å². The van der Waals surface area contributed by atoms with Crippen molar-refractivity contribution in [1.29, 1.82) is 0 Å². The molecule has 2 aromatic carbocycles. The summed E-state index contributed by atoms with van der Waals surface area (Å²) in [5.41, 5.74) is 2.56. The minimum Gasteiger partial charge on any atom is -0.319 e. The molecular weight excluding hydrogens is 342 g/mol. The van der Waals surface area contributed by atoms with Gasteiger partial charge < -0.3 is 10.6 Å². The van der Waals surface area contributed by atoms with E-state index in [2.05, 4.69) is 10.6 Å². The fraction of sp³-hybridized carbons (Fsp3) is 0.278. The molecule has 7 heteroatoms. The van der Waals surface area contributed by atoms with Crippen molar-refractivity contribution >= 4 is 28.9 Å². The molecule has 0 bridgehead atoms. The summed E-state index contributed by atoms with van der Waals surface area (Å²) in [4.78, 5) is 22.9. The van der Waals surface area contributed by atoms with Crippen LogP contribution in [0.1, 0.15) is 29.7 Å². The summed E-state index contributed by atoms with van der Waals surface area (Å²) in [6, 6.07) is 10.3. The largest absolute Gasteiger partial charge is 0.319 e. The molecule has 2 aromatic rings. The van der Waals surface area contributed by atoms with Crippen LogP contribution in [0.4, 0.5) is 11.4 Å². The van der Waals surface area contributed by atoms with Crippen molar-refractivity contribution in [2.24, 2.45) is 0 Å². The van der Waals surface area contributed by atoms with Crippen LogP contribution in [0.5, 0.6) is 0 Å². The van der Waals surface area contributed by atoms with Gasteiger partial charge in [-0.15, -0.1) is 0 Å². The zero-order chi connectivity index (χ0) is 18.6. The zero-order valence-electron chi connectivity index (χ0n) is 14.3. The smallest absolute Gasteiger partial charge is 0.293 e. The van der Waals surface area contributed by atoms with Crippen LogP contribution < -0.4 is 10.6 Å². The molecule has 0 saturated heterocycles. The Kier molecular flexibility index (Phi) is 6.12. The Bertz CT molecular complexity index is 808. The van der Waals surface area contributed by atoms with Crippen LogP contribution >= 0.6 is 11.6 Å². The van der Waals surface area contributed by atoms with Crippen LogP contribution in [0.15, 0.2) is 36.4 Å². The molecule has 0 fully saturated rings. The molecule has 0 heterocycles. The molecule has 0 unspecified atom stereocenters. The highest BCUT2D eigenvalue weighted by atomic mass is 35.5. The van der Waals surface area contributed by atoms with E-state index in [1.54, 1.807) is 19.1 Å². The molecule has 0 aliphatic carbocycles. The van der Waals surface area contributed by atoms with Gasteiger partial charge in [-0.05, 0) is 43.5 Å². The van der Waals surface area contributed by atoms with Crippen molar-refractivity contribution in [3.8, 4) is 0 Å². The monoisotopic (exact) mass is 361 g/mol. The second-order valence-electron chi connectivity index (χ2n) is 5.83. The summed E-state index contributed by atoms with van der Waals surface area (Å²) in [6.07, 6.45) is 0. The van der Waals surface area contributed by atoms with Gasteiger partial charge in [-0.25, -0.2) is 0 Å². The predicted molar refractivity (Wildman–Crippen MR) is 99.1 cm³/mol. The average molecular weight is 362 g/mol. The summed E-state index contributed by atoms with van der Waals surface area (Å²) in [5, 5.41) is 17.5. The molecule has 1 atom stereocenters. The average Bonchev–Trinajstić information content (AvgIpc) is 2.57. The van der Waals surface area contributed by atoms with E-state index in [-0.39, 0.29) is 29.9 Å². The molecule has 1 amide bonds. The third-order valence-corrected chi connectivity index (χ3v) is 4.46. The number of nitrogens with one attached hydrogen (secondary N) is 2. The van der Waals surface area contributed by atoms with Crippen LogP contribution in [-0.4, -0.2) is 17.4 Å². The molecule has 0 spiro atoms. The number of carbonyl (C=O) groups excluding carboxylic acids is 1. The zero-order valence-corrected chi connectivity index (χ0v) is 15.1. The Morgan fingerprint density at radius 3 is 2.56 bits per heavy atom. The van der Waals surface area contributed by atoms with Crippen molar-refractivity contribution in [3.63, 3.8) is 0 Å². The lowest BCUT2D eigenvalue weighted by Gasteiger charge is -2.16. The first kappa shape index (κ1) is 18.9. The molecule has 0 saturated carbocycles. The van der Waals surface area contributed by atoms with E-state index in [1.165, 1.54) is 6.07 Å². The number of benzene rings is 2. The number of hydrogen-bond acceptors (Lipinski definition) is 4. The van der Waals surface area contributed by atoms with Crippen molar-refractivity contribution < 1.29 is 9.72 Å². The van der Waals surface area contributed by atoms with E-state index in [0.29, 0.717) is 10.6 Å². The molecule has 0 aliphatic heterocycles. The summed E-state index contributed by atoms with van der Waals surface area (Å²) in [5.74, 6) is -0.351. The Labute approximate surface area is 151 Å². The van der Waals surface area contributed by atoms with E-state index in [9.17, 15) is 14.9 Å². The number of nitrogens with zero attached hydrogens (tertiary/aromatic N) is 1. The third kappa shape index (κ3) is 4.55. The quantitative estimate of drug-likeness (QED) is 0.597. The maximum atomic E-state index is 12.2. The molecule has 0 aliphatic rings. The summed E-state index contributed by atoms with van der Waals surface area (Å²) in [7, 11) is 0. The highest BCUT2D eigenvalue weighted by molar-refractivity contribution is 6.31. The number of halogens is 1. The predicted octanol–water partition coefficient (Wildman–Crippen LogP) is 4.15. The number of amides is 1. The molecule has 6 nitrogen and oxygen atoms in total.